The van der Waals surface area contributed by atoms with Crippen molar-refractivity contribution in [1.82, 2.24) is 25.6 Å². The van der Waals surface area contributed by atoms with Gasteiger partial charge in [0.25, 0.3) is 0 Å². The highest BCUT2D eigenvalue weighted by Gasteiger charge is 2.23. The largest absolute Gasteiger partial charge is 0.353 e. The number of hydrogen-bond acceptors (Lipinski definition) is 5. The number of nitrogens with one attached hydrogen (secondary N) is 3. The molecule has 1 aromatic carbocycles. The zero-order valence-electron chi connectivity index (χ0n) is 11.1. The lowest BCUT2D eigenvalue weighted by molar-refractivity contribution is -0.124. The molecule has 2 aromatic rings. The molecule has 1 aliphatic rings. The van der Waals surface area contributed by atoms with Gasteiger partial charge in [-0.3, -0.25) is 14.9 Å². The lowest BCUT2D eigenvalue weighted by atomic mass is 10.2. The van der Waals surface area contributed by atoms with E-state index in [0.29, 0.717) is 12.2 Å². The quantitative estimate of drug-likeness (QED) is 0.692. The number of aromatic nitrogens is 3. The van der Waals surface area contributed by atoms with Crippen molar-refractivity contribution < 1.29 is 9.59 Å². The summed E-state index contributed by atoms with van der Waals surface area (Å²) in [5, 5.41) is 16.4. The normalized spacial score (nSPS) is 18.1. The van der Waals surface area contributed by atoms with Gasteiger partial charge in [-0.1, -0.05) is 0 Å². The maximum atomic E-state index is 12.0. The van der Waals surface area contributed by atoms with Crippen LogP contribution in [0.25, 0.3) is 5.69 Å². The highest BCUT2D eigenvalue weighted by Crippen LogP contribution is 2.12. The molecule has 0 saturated carbocycles. The van der Waals surface area contributed by atoms with Gasteiger partial charge in [0.15, 0.2) is 0 Å². The number of carbonyl (C=O) groups excluding carboxylic acids is 2. The number of carbonyl (C=O) groups is 2. The molecule has 108 valence electrons. The summed E-state index contributed by atoms with van der Waals surface area (Å²) in [5.74, 6) is -0.282. The minimum Gasteiger partial charge on any atom is -0.353 e. The summed E-state index contributed by atoms with van der Waals surface area (Å²) in [6.07, 6.45) is 3.19. The molecule has 0 spiro atoms. The van der Waals surface area contributed by atoms with E-state index in [4.69, 9.17) is 0 Å². The van der Waals surface area contributed by atoms with Gasteiger partial charge in [-0.2, -0.15) is 15.0 Å². The lowest BCUT2D eigenvalue weighted by Crippen LogP contribution is -2.56. The van der Waals surface area contributed by atoms with E-state index in [2.05, 4.69) is 26.1 Å². The fraction of sp³-hybridized carbons (Fsp3) is 0.231. The number of rotatable bonds is 3. The molecule has 1 unspecified atom stereocenters. The van der Waals surface area contributed by atoms with Crippen LogP contribution >= 0.6 is 0 Å². The highest BCUT2D eigenvalue weighted by molar-refractivity contribution is 5.96. The number of anilines is 1. The van der Waals surface area contributed by atoms with E-state index in [-0.39, 0.29) is 18.4 Å². The lowest BCUT2D eigenvalue weighted by Gasteiger charge is -2.23. The summed E-state index contributed by atoms with van der Waals surface area (Å²) < 4.78 is 0. The molecule has 8 heteroatoms. The average molecular weight is 286 g/mol. The average Bonchev–Trinajstić information content (AvgIpc) is 3.03. The number of nitrogens with zero attached hydrogens (tertiary/aromatic N) is 3. The van der Waals surface area contributed by atoms with Gasteiger partial charge < -0.3 is 10.6 Å². The maximum Gasteiger partial charge on any atom is 0.243 e. The summed E-state index contributed by atoms with van der Waals surface area (Å²) in [5.41, 5.74) is 1.48. The summed E-state index contributed by atoms with van der Waals surface area (Å²) >= 11 is 0. The molecule has 21 heavy (non-hydrogen) atoms. The Kier molecular flexibility index (Phi) is 3.61. The fourth-order valence-corrected chi connectivity index (χ4v) is 2.01. The molecule has 3 rings (SSSR count). The van der Waals surface area contributed by atoms with E-state index >= 15 is 0 Å². The molecule has 1 fully saturated rings. The Balaban J connectivity index is 1.62. The van der Waals surface area contributed by atoms with Gasteiger partial charge in [0.05, 0.1) is 24.6 Å². The van der Waals surface area contributed by atoms with Crippen LogP contribution in [0, 0.1) is 0 Å². The van der Waals surface area contributed by atoms with Crippen molar-refractivity contribution in [3.63, 3.8) is 0 Å². The van der Waals surface area contributed by atoms with Crippen LogP contribution < -0.4 is 16.0 Å². The van der Waals surface area contributed by atoms with Crippen molar-refractivity contribution in [3.05, 3.63) is 36.7 Å². The Hall–Kier alpha value is -2.74. The molecule has 3 N–H and O–H groups in total. The van der Waals surface area contributed by atoms with Crippen molar-refractivity contribution in [2.45, 2.75) is 6.04 Å². The first-order chi connectivity index (χ1) is 10.2. The van der Waals surface area contributed by atoms with Gasteiger partial charge in [-0.15, -0.1) is 0 Å². The maximum absolute atomic E-state index is 12.0. The first-order valence-electron chi connectivity index (χ1n) is 6.50. The minimum absolute atomic E-state index is 0.102. The molecule has 0 bridgehead atoms. The topological polar surface area (TPSA) is 101 Å². The van der Waals surface area contributed by atoms with Crippen LogP contribution in [-0.4, -0.2) is 45.9 Å². The molecule has 1 atom stereocenters. The van der Waals surface area contributed by atoms with Gasteiger partial charge in [0, 0.05) is 12.2 Å². The number of hydrogen-bond donors (Lipinski definition) is 3. The molecule has 2 heterocycles. The summed E-state index contributed by atoms with van der Waals surface area (Å²) in [6.45, 7) is 0.446. The summed E-state index contributed by atoms with van der Waals surface area (Å²) in [4.78, 5) is 24.5. The Morgan fingerprint density at radius 3 is 2.57 bits per heavy atom. The Labute approximate surface area is 120 Å². The first-order valence-corrected chi connectivity index (χ1v) is 6.50. The molecule has 1 aromatic heterocycles. The molecule has 0 radical (unpaired) electrons. The molecule has 1 saturated heterocycles. The predicted octanol–water partition coefficient (Wildman–Crippen LogP) is -0.706. The summed E-state index contributed by atoms with van der Waals surface area (Å²) in [7, 11) is 0. The van der Waals surface area contributed by atoms with Gasteiger partial charge >= 0.3 is 0 Å². The first kappa shape index (κ1) is 13.3. The molecule has 8 nitrogen and oxygen atoms in total. The third-order valence-corrected chi connectivity index (χ3v) is 3.11. The molecular formula is C13H14N6O2. The third-order valence-electron chi connectivity index (χ3n) is 3.11. The van der Waals surface area contributed by atoms with E-state index in [1.54, 1.807) is 24.5 Å². The second kappa shape index (κ2) is 5.71. The van der Waals surface area contributed by atoms with Crippen LogP contribution in [0.5, 0.6) is 0 Å². The molecule has 0 aliphatic carbocycles. The van der Waals surface area contributed by atoms with Crippen molar-refractivity contribution in [1.29, 1.82) is 0 Å². The second-order valence-electron chi connectivity index (χ2n) is 4.59. The van der Waals surface area contributed by atoms with E-state index in [9.17, 15) is 9.59 Å². The van der Waals surface area contributed by atoms with E-state index in [0.717, 1.165) is 5.69 Å². The number of benzene rings is 1. The summed E-state index contributed by atoms with van der Waals surface area (Å²) in [6, 6.07) is 6.75. The van der Waals surface area contributed by atoms with Crippen molar-refractivity contribution >= 4 is 17.5 Å². The van der Waals surface area contributed by atoms with Gasteiger partial charge in [-0.25, -0.2) is 0 Å². The highest BCUT2D eigenvalue weighted by atomic mass is 16.2. The van der Waals surface area contributed by atoms with Crippen LogP contribution in [0.3, 0.4) is 0 Å². The van der Waals surface area contributed by atoms with E-state index < -0.39 is 6.04 Å². The SMILES string of the molecule is O=C1CNC(C(=O)Nc2ccc(-n3nccn3)cc2)CN1. The molecule has 1 aliphatic heterocycles. The zero-order chi connectivity index (χ0) is 14.7. The smallest absolute Gasteiger partial charge is 0.243 e. The van der Waals surface area contributed by atoms with Crippen LogP contribution in [0.2, 0.25) is 0 Å². The van der Waals surface area contributed by atoms with Crippen molar-refractivity contribution in [2.75, 3.05) is 18.4 Å². The van der Waals surface area contributed by atoms with Crippen molar-refractivity contribution in [2.24, 2.45) is 0 Å². The minimum atomic E-state index is -0.421. The van der Waals surface area contributed by atoms with Gasteiger partial charge in [-0.05, 0) is 24.3 Å². The Bertz CT molecular complexity index is 627. The van der Waals surface area contributed by atoms with Gasteiger partial charge in [0.2, 0.25) is 11.8 Å². The number of piperazine rings is 1. The predicted molar refractivity (Wildman–Crippen MR) is 74.8 cm³/mol. The monoisotopic (exact) mass is 286 g/mol. The Morgan fingerprint density at radius 1 is 1.24 bits per heavy atom. The van der Waals surface area contributed by atoms with Gasteiger partial charge in [0.1, 0.15) is 6.04 Å². The van der Waals surface area contributed by atoms with Crippen LogP contribution in [0.4, 0.5) is 5.69 Å². The number of amides is 2. The van der Waals surface area contributed by atoms with Crippen molar-refractivity contribution in [3.8, 4) is 5.69 Å². The molecular weight excluding hydrogens is 272 g/mol. The van der Waals surface area contributed by atoms with Crippen LogP contribution in [0.15, 0.2) is 36.7 Å². The standard InChI is InChI=1S/C13H14N6O2/c20-12-8-14-11(7-15-12)13(21)18-9-1-3-10(4-2-9)19-16-5-6-17-19/h1-6,11,14H,7-8H2,(H,15,20)(H,18,21). The second-order valence-corrected chi connectivity index (χ2v) is 4.59. The third kappa shape index (κ3) is 3.06. The van der Waals surface area contributed by atoms with Crippen LogP contribution in [-0.2, 0) is 9.59 Å². The van der Waals surface area contributed by atoms with E-state index in [1.807, 2.05) is 12.1 Å². The fourth-order valence-electron chi connectivity index (χ4n) is 2.01. The van der Waals surface area contributed by atoms with E-state index in [1.165, 1.54) is 4.80 Å². The molecule has 2 amide bonds. The van der Waals surface area contributed by atoms with Crippen LogP contribution in [0.1, 0.15) is 0 Å². The zero-order valence-corrected chi connectivity index (χ0v) is 11.1. The Morgan fingerprint density at radius 2 is 1.95 bits per heavy atom.